The van der Waals surface area contributed by atoms with E-state index in [1.54, 1.807) is 24.3 Å². The Bertz CT molecular complexity index is 1010. The van der Waals surface area contributed by atoms with E-state index in [4.69, 9.17) is 16.0 Å². The van der Waals surface area contributed by atoms with Crippen molar-refractivity contribution in [3.63, 3.8) is 0 Å². The lowest BCUT2D eigenvalue weighted by atomic mass is 10.2. The summed E-state index contributed by atoms with van der Waals surface area (Å²) < 4.78 is 5.46. The predicted molar refractivity (Wildman–Crippen MR) is 102 cm³/mol. The van der Waals surface area contributed by atoms with E-state index in [0.29, 0.717) is 16.3 Å². The summed E-state index contributed by atoms with van der Waals surface area (Å²) in [6, 6.07) is 11.1. The molecule has 1 N–H and O–H groups in total. The van der Waals surface area contributed by atoms with E-state index in [1.165, 1.54) is 18.2 Å². The molecule has 8 nitrogen and oxygen atoms in total. The molecule has 0 spiro atoms. The highest BCUT2D eigenvalue weighted by Gasteiger charge is 2.14. The fraction of sp³-hybridized carbons (Fsp3) is 0.118. The van der Waals surface area contributed by atoms with Gasteiger partial charge in [-0.1, -0.05) is 35.5 Å². The Morgan fingerprint density at radius 2 is 2.07 bits per heavy atom. The van der Waals surface area contributed by atoms with Gasteiger partial charge in [-0.05, 0) is 30.7 Å². The first-order valence-corrected chi connectivity index (χ1v) is 9.06. The number of nitrogens with zero attached hydrogens (tertiary/aromatic N) is 3. The quantitative estimate of drug-likeness (QED) is 0.369. The molecule has 3 rings (SSSR count). The molecule has 1 amide bonds. The summed E-state index contributed by atoms with van der Waals surface area (Å²) in [6.07, 6.45) is 0. The second kappa shape index (κ2) is 8.19. The Kier molecular flexibility index (Phi) is 5.72. The van der Waals surface area contributed by atoms with E-state index >= 15 is 0 Å². The highest BCUT2D eigenvalue weighted by Crippen LogP contribution is 2.26. The fourth-order valence-electron chi connectivity index (χ4n) is 2.19. The maximum atomic E-state index is 12.1. The van der Waals surface area contributed by atoms with Crippen molar-refractivity contribution in [1.82, 2.24) is 10.2 Å². The number of carbonyl (C=O) groups excluding carboxylic acids is 1. The van der Waals surface area contributed by atoms with E-state index in [9.17, 15) is 14.9 Å². The zero-order valence-corrected chi connectivity index (χ0v) is 15.6. The van der Waals surface area contributed by atoms with Gasteiger partial charge in [-0.25, -0.2) is 0 Å². The molecule has 0 aliphatic carbocycles. The molecule has 0 aliphatic heterocycles. The van der Waals surface area contributed by atoms with Crippen molar-refractivity contribution in [1.29, 1.82) is 0 Å². The zero-order valence-electron chi connectivity index (χ0n) is 14.0. The molecule has 0 radical (unpaired) electrons. The number of rotatable bonds is 6. The molecule has 0 aliphatic rings. The first-order valence-electron chi connectivity index (χ1n) is 7.70. The average Bonchev–Trinajstić information content (AvgIpc) is 3.13. The first kappa shape index (κ1) is 18.9. The van der Waals surface area contributed by atoms with Gasteiger partial charge in [0.15, 0.2) is 0 Å². The van der Waals surface area contributed by atoms with Crippen LogP contribution in [-0.4, -0.2) is 26.8 Å². The SMILES string of the molecule is Cc1c(Cl)cccc1NC(=O)CSc1nnc(-c2cccc([N+](=O)[O-])c2)o1. The van der Waals surface area contributed by atoms with Gasteiger partial charge in [-0.3, -0.25) is 14.9 Å². The van der Waals surface area contributed by atoms with Crippen LogP contribution in [0.4, 0.5) is 11.4 Å². The normalized spacial score (nSPS) is 10.6. The van der Waals surface area contributed by atoms with Crippen molar-refractivity contribution in [2.75, 3.05) is 11.1 Å². The molecular weight excluding hydrogens is 392 g/mol. The van der Waals surface area contributed by atoms with Gasteiger partial charge < -0.3 is 9.73 Å². The van der Waals surface area contributed by atoms with Gasteiger partial charge in [-0.2, -0.15) is 0 Å². The maximum Gasteiger partial charge on any atom is 0.277 e. The van der Waals surface area contributed by atoms with Crippen LogP contribution in [0.3, 0.4) is 0 Å². The lowest BCUT2D eigenvalue weighted by molar-refractivity contribution is -0.384. The second-order valence-corrected chi connectivity index (χ2v) is 6.76. The number of non-ortho nitro benzene ring substituents is 1. The molecule has 0 saturated carbocycles. The van der Waals surface area contributed by atoms with Crippen LogP contribution in [0.1, 0.15) is 5.56 Å². The molecule has 10 heteroatoms. The minimum absolute atomic E-state index is 0.0581. The second-order valence-electron chi connectivity index (χ2n) is 5.43. The van der Waals surface area contributed by atoms with Gasteiger partial charge in [0.25, 0.3) is 10.9 Å². The number of carbonyl (C=O) groups is 1. The van der Waals surface area contributed by atoms with Crippen molar-refractivity contribution in [3.05, 3.63) is 63.2 Å². The Morgan fingerprint density at radius 1 is 1.30 bits per heavy atom. The third kappa shape index (κ3) is 4.63. The molecule has 0 fully saturated rings. The van der Waals surface area contributed by atoms with Crippen LogP contribution in [0.2, 0.25) is 5.02 Å². The van der Waals surface area contributed by atoms with Crippen molar-refractivity contribution >= 4 is 40.6 Å². The van der Waals surface area contributed by atoms with Gasteiger partial charge in [-0.15, -0.1) is 10.2 Å². The monoisotopic (exact) mass is 404 g/mol. The van der Waals surface area contributed by atoms with Crippen molar-refractivity contribution in [2.45, 2.75) is 12.1 Å². The third-order valence-electron chi connectivity index (χ3n) is 3.58. The van der Waals surface area contributed by atoms with Gasteiger partial charge in [0, 0.05) is 28.4 Å². The molecule has 138 valence electrons. The highest BCUT2D eigenvalue weighted by atomic mass is 35.5. The number of anilines is 1. The van der Waals surface area contributed by atoms with Crippen molar-refractivity contribution in [3.8, 4) is 11.5 Å². The Labute approximate surface area is 163 Å². The molecule has 1 aromatic heterocycles. The largest absolute Gasteiger partial charge is 0.411 e. The van der Waals surface area contributed by atoms with Crippen molar-refractivity contribution in [2.24, 2.45) is 0 Å². The number of nitro benzene ring substituents is 1. The van der Waals surface area contributed by atoms with Gasteiger partial charge in [0.05, 0.1) is 10.7 Å². The van der Waals surface area contributed by atoms with Crippen molar-refractivity contribution < 1.29 is 14.1 Å². The number of amides is 1. The summed E-state index contributed by atoms with van der Waals surface area (Å²) in [5, 5.41) is 22.1. The van der Waals surface area contributed by atoms with E-state index in [1.807, 2.05) is 6.92 Å². The number of hydrogen-bond acceptors (Lipinski definition) is 7. The summed E-state index contributed by atoms with van der Waals surface area (Å²) >= 11 is 7.09. The summed E-state index contributed by atoms with van der Waals surface area (Å²) in [6.45, 7) is 1.81. The summed E-state index contributed by atoms with van der Waals surface area (Å²) in [5.74, 6) is -0.0459. The van der Waals surface area contributed by atoms with Gasteiger partial charge >= 0.3 is 0 Å². The molecule has 0 bridgehead atoms. The Balaban J connectivity index is 1.63. The average molecular weight is 405 g/mol. The molecule has 0 saturated heterocycles. The van der Waals surface area contributed by atoms with E-state index in [-0.39, 0.29) is 28.5 Å². The van der Waals surface area contributed by atoms with Crippen LogP contribution in [0.15, 0.2) is 52.1 Å². The number of hydrogen-bond donors (Lipinski definition) is 1. The van der Waals surface area contributed by atoms with E-state index in [2.05, 4.69) is 15.5 Å². The lowest BCUT2D eigenvalue weighted by Gasteiger charge is -2.08. The summed E-state index contributed by atoms with van der Waals surface area (Å²) in [4.78, 5) is 22.4. The minimum atomic E-state index is -0.502. The highest BCUT2D eigenvalue weighted by molar-refractivity contribution is 7.99. The van der Waals surface area contributed by atoms with E-state index < -0.39 is 4.92 Å². The van der Waals surface area contributed by atoms with Crippen LogP contribution >= 0.6 is 23.4 Å². The number of nitrogens with one attached hydrogen (secondary N) is 1. The molecule has 3 aromatic rings. The van der Waals surface area contributed by atoms with E-state index in [0.717, 1.165) is 17.3 Å². The number of benzene rings is 2. The summed E-state index contributed by atoms with van der Waals surface area (Å²) in [7, 11) is 0. The first-order chi connectivity index (χ1) is 12.9. The third-order valence-corrected chi connectivity index (χ3v) is 4.81. The number of halogens is 1. The molecule has 1 heterocycles. The van der Waals surface area contributed by atoms with Crippen LogP contribution < -0.4 is 5.32 Å². The molecule has 2 aromatic carbocycles. The van der Waals surface area contributed by atoms with Crippen LogP contribution in [-0.2, 0) is 4.79 Å². The van der Waals surface area contributed by atoms with Crippen LogP contribution in [0, 0.1) is 17.0 Å². The molecule has 0 unspecified atom stereocenters. The summed E-state index contributed by atoms with van der Waals surface area (Å²) in [5.41, 5.74) is 1.78. The van der Waals surface area contributed by atoms with Crippen LogP contribution in [0.5, 0.6) is 0 Å². The zero-order chi connectivity index (χ0) is 19.4. The number of nitro groups is 1. The lowest BCUT2D eigenvalue weighted by Crippen LogP contribution is -2.14. The molecular formula is C17H13ClN4O4S. The van der Waals surface area contributed by atoms with Crippen LogP contribution in [0.25, 0.3) is 11.5 Å². The Morgan fingerprint density at radius 3 is 2.85 bits per heavy atom. The molecule has 27 heavy (non-hydrogen) atoms. The number of thioether (sulfide) groups is 1. The smallest absolute Gasteiger partial charge is 0.277 e. The van der Waals surface area contributed by atoms with Gasteiger partial charge in [0.2, 0.25) is 11.8 Å². The predicted octanol–water partition coefficient (Wildman–Crippen LogP) is 4.34. The minimum Gasteiger partial charge on any atom is -0.411 e. The topological polar surface area (TPSA) is 111 Å². The fourth-order valence-corrected chi connectivity index (χ4v) is 2.93. The van der Waals surface area contributed by atoms with Gasteiger partial charge in [0.1, 0.15) is 0 Å². The molecule has 0 atom stereocenters. The number of aromatic nitrogens is 2. The Hall–Kier alpha value is -2.91. The standard InChI is InChI=1S/C17H13ClN4O4S/c1-10-13(18)6-3-7-14(10)19-15(23)9-27-17-21-20-16(26-17)11-4-2-5-12(8-11)22(24)25/h2-8H,9H2,1H3,(H,19,23). The maximum absolute atomic E-state index is 12.1.